The third-order valence-corrected chi connectivity index (χ3v) is 3.30. The second kappa shape index (κ2) is 3.03. The Bertz CT molecular complexity index is 492. The van der Waals surface area contributed by atoms with Crippen LogP contribution in [-0.2, 0) is 0 Å². The first-order valence-corrected chi connectivity index (χ1v) is 5.67. The molecule has 2 aromatic rings. The maximum Gasteiger partial charge on any atom is 0.277 e. The van der Waals surface area contributed by atoms with E-state index in [-0.39, 0.29) is 0 Å². The summed E-state index contributed by atoms with van der Waals surface area (Å²) in [6.45, 7) is 2.18. The third-order valence-electron chi connectivity index (χ3n) is 2.62. The lowest BCUT2D eigenvalue weighted by atomic mass is 10.3. The lowest BCUT2D eigenvalue weighted by Crippen LogP contribution is -1.85. The minimum absolute atomic E-state index is 0.469. The normalized spacial score (nSPS) is 24.3. The first-order chi connectivity index (χ1) is 7.24. The van der Waals surface area contributed by atoms with Crippen LogP contribution in [-0.4, -0.2) is 15.1 Å². The molecule has 0 radical (unpaired) electrons. The summed E-state index contributed by atoms with van der Waals surface area (Å²) in [4.78, 5) is 8.41. The molecule has 0 aromatic carbocycles. The lowest BCUT2D eigenvalue weighted by Gasteiger charge is -1.84. The molecule has 0 bridgehead atoms. The Morgan fingerprint density at radius 2 is 2.33 bits per heavy atom. The van der Waals surface area contributed by atoms with Gasteiger partial charge in [-0.2, -0.15) is 4.98 Å². The summed E-state index contributed by atoms with van der Waals surface area (Å²) in [5, 5.41) is 6.29. The summed E-state index contributed by atoms with van der Waals surface area (Å²) in [7, 11) is 0. The van der Waals surface area contributed by atoms with Crippen LogP contribution < -0.4 is 5.73 Å². The van der Waals surface area contributed by atoms with Crippen molar-refractivity contribution in [3.8, 4) is 11.6 Å². The molecule has 78 valence electrons. The Balaban J connectivity index is 1.90. The molecular weight excluding hydrogens is 212 g/mol. The van der Waals surface area contributed by atoms with E-state index in [9.17, 15) is 0 Å². The lowest BCUT2D eigenvalue weighted by molar-refractivity contribution is 0.421. The third kappa shape index (κ3) is 1.50. The van der Waals surface area contributed by atoms with Gasteiger partial charge in [-0.05, 0) is 12.3 Å². The van der Waals surface area contributed by atoms with Crippen molar-refractivity contribution in [2.24, 2.45) is 5.92 Å². The van der Waals surface area contributed by atoms with Crippen molar-refractivity contribution in [2.75, 3.05) is 5.73 Å². The summed E-state index contributed by atoms with van der Waals surface area (Å²) in [5.41, 5.74) is 6.21. The number of rotatable bonds is 2. The largest absolute Gasteiger partial charge is 0.375 e. The predicted molar refractivity (Wildman–Crippen MR) is 56.3 cm³/mol. The van der Waals surface area contributed by atoms with Crippen molar-refractivity contribution in [2.45, 2.75) is 19.3 Å². The fraction of sp³-hybridized carbons (Fsp3) is 0.444. The molecule has 2 aromatic heterocycles. The van der Waals surface area contributed by atoms with Crippen LogP contribution in [0.3, 0.4) is 0 Å². The average Bonchev–Trinajstić information content (AvgIpc) is 2.71. The zero-order valence-corrected chi connectivity index (χ0v) is 8.99. The van der Waals surface area contributed by atoms with Crippen LogP contribution in [0.2, 0.25) is 0 Å². The van der Waals surface area contributed by atoms with Crippen molar-refractivity contribution in [1.29, 1.82) is 0 Å². The van der Waals surface area contributed by atoms with E-state index in [0.29, 0.717) is 28.6 Å². The Hall–Kier alpha value is -1.43. The summed E-state index contributed by atoms with van der Waals surface area (Å²) in [5.74, 6) is 2.41. The van der Waals surface area contributed by atoms with Crippen molar-refractivity contribution in [1.82, 2.24) is 15.1 Å². The molecule has 0 amide bonds. The van der Waals surface area contributed by atoms with Gasteiger partial charge in [-0.25, -0.2) is 4.98 Å². The number of nitrogen functional groups attached to an aromatic ring is 1. The SMILES string of the molecule is CC1CC1c1noc(-c2csc(N)n2)n1. The van der Waals surface area contributed by atoms with Gasteiger partial charge in [0.2, 0.25) is 0 Å². The van der Waals surface area contributed by atoms with Gasteiger partial charge in [-0.15, -0.1) is 11.3 Å². The molecule has 15 heavy (non-hydrogen) atoms. The van der Waals surface area contributed by atoms with E-state index in [2.05, 4.69) is 22.0 Å². The second-order valence-electron chi connectivity index (χ2n) is 3.85. The number of thiazole rings is 1. The highest BCUT2D eigenvalue weighted by molar-refractivity contribution is 7.13. The van der Waals surface area contributed by atoms with Gasteiger partial charge in [0.15, 0.2) is 11.0 Å². The van der Waals surface area contributed by atoms with Crippen molar-refractivity contribution < 1.29 is 4.52 Å². The fourth-order valence-corrected chi connectivity index (χ4v) is 2.09. The van der Waals surface area contributed by atoms with Gasteiger partial charge in [-0.1, -0.05) is 12.1 Å². The summed E-state index contributed by atoms with van der Waals surface area (Å²) < 4.78 is 5.14. The zero-order chi connectivity index (χ0) is 10.4. The molecule has 0 spiro atoms. The molecule has 2 N–H and O–H groups in total. The second-order valence-corrected chi connectivity index (χ2v) is 4.74. The van der Waals surface area contributed by atoms with E-state index < -0.39 is 0 Å². The molecule has 2 atom stereocenters. The van der Waals surface area contributed by atoms with E-state index in [1.165, 1.54) is 11.3 Å². The van der Waals surface area contributed by atoms with Crippen LogP contribution in [0.25, 0.3) is 11.6 Å². The molecule has 0 aliphatic heterocycles. The standard InChI is InChI=1S/C9H10N4OS/c1-4-2-5(4)7-12-8(14-13-7)6-3-15-9(10)11-6/h3-5H,2H2,1H3,(H2,10,11). The summed E-state index contributed by atoms with van der Waals surface area (Å²) in [6.07, 6.45) is 1.15. The molecule has 0 saturated heterocycles. The quantitative estimate of drug-likeness (QED) is 0.839. The van der Waals surface area contributed by atoms with Crippen molar-refractivity contribution >= 4 is 16.5 Å². The Morgan fingerprint density at radius 1 is 1.53 bits per heavy atom. The Morgan fingerprint density at radius 3 is 2.93 bits per heavy atom. The number of nitrogens with zero attached hydrogens (tertiary/aromatic N) is 3. The Kier molecular flexibility index (Phi) is 1.79. The maximum atomic E-state index is 5.53. The van der Waals surface area contributed by atoms with Crippen LogP contribution >= 0.6 is 11.3 Å². The van der Waals surface area contributed by atoms with Gasteiger partial charge in [0.05, 0.1) is 0 Å². The van der Waals surface area contributed by atoms with Gasteiger partial charge in [0.1, 0.15) is 5.69 Å². The number of hydrogen-bond acceptors (Lipinski definition) is 6. The van der Waals surface area contributed by atoms with Crippen LogP contribution in [0, 0.1) is 5.92 Å². The van der Waals surface area contributed by atoms with Crippen molar-refractivity contribution in [3.63, 3.8) is 0 Å². The number of hydrogen-bond donors (Lipinski definition) is 1. The van der Waals surface area contributed by atoms with E-state index >= 15 is 0 Å². The van der Waals surface area contributed by atoms with E-state index in [0.717, 1.165) is 12.2 Å². The molecule has 1 saturated carbocycles. The highest BCUT2D eigenvalue weighted by atomic mass is 32.1. The van der Waals surface area contributed by atoms with Crippen LogP contribution in [0.4, 0.5) is 5.13 Å². The molecule has 3 rings (SSSR count). The van der Waals surface area contributed by atoms with E-state index in [1.54, 1.807) is 0 Å². The smallest absolute Gasteiger partial charge is 0.277 e. The van der Waals surface area contributed by atoms with Crippen LogP contribution in [0.1, 0.15) is 25.1 Å². The number of anilines is 1. The van der Waals surface area contributed by atoms with E-state index in [1.807, 2.05) is 5.38 Å². The van der Waals surface area contributed by atoms with Gasteiger partial charge in [0.25, 0.3) is 5.89 Å². The van der Waals surface area contributed by atoms with Gasteiger partial charge in [-0.3, -0.25) is 0 Å². The highest BCUT2D eigenvalue weighted by Gasteiger charge is 2.38. The fourth-order valence-electron chi connectivity index (χ4n) is 1.56. The van der Waals surface area contributed by atoms with Crippen LogP contribution in [0.15, 0.2) is 9.90 Å². The van der Waals surface area contributed by atoms with Gasteiger partial charge in [0, 0.05) is 11.3 Å². The monoisotopic (exact) mass is 222 g/mol. The molecule has 1 aliphatic carbocycles. The molecule has 6 heteroatoms. The Labute approximate surface area is 90.3 Å². The molecule has 2 unspecified atom stereocenters. The predicted octanol–water partition coefficient (Wildman–Crippen LogP) is 1.90. The van der Waals surface area contributed by atoms with Crippen LogP contribution in [0.5, 0.6) is 0 Å². The minimum atomic E-state index is 0.469. The first kappa shape index (κ1) is 8.84. The molecule has 1 aliphatic rings. The highest BCUT2D eigenvalue weighted by Crippen LogP contribution is 2.45. The number of aromatic nitrogens is 3. The molecule has 5 nitrogen and oxygen atoms in total. The molecular formula is C9H10N4OS. The summed E-state index contributed by atoms with van der Waals surface area (Å²) in [6, 6.07) is 0. The first-order valence-electron chi connectivity index (χ1n) is 4.79. The topological polar surface area (TPSA) is 77.8 Å². The van der Waals surface area contributed by atoms with Gasteiger partial charge < -0.3 is 10.3 Å². The molecule has 1 fully saturated rings. The van der Waals surface area contributed by atoms with Gasteiger partial charge >= 0.3 is 0 Å². The van der Waals surface area contributed by atoms with E-state index in [4.69, 9.17) is 10.3 Å². The number of nitrogens with two attached hydrogens (primary N) is 1. The summed E-state index contributed by atoms with van der Waals surface area (Å²) >= 11 is 1.37. The zero-order valence-electron chi connectivity index (χ0n) is 8.17. The minimum Gasteiger partial charge on any atom is -0.375 e. The average molecular weight is 222 g/mol. The molecule has 2 heterocycles. The van der Waals surface area contributed by atoms with Crippen molar-refractivity contribution in [3.05, 3.63) is 11.2 Å². The maximum absolute atomic E-state index is 5.53.